The molecule has 1 aliphatic rings. The van der Waals surface area contributed by atoms with Crippen molar-refractivity contribution in [3.63, 3.8) is 0 Å². The van der Waals surface area contributed by atoms with E-state index in [0.29, 0.717) is 12.1 Å². The van der Waals surface area contributed by atoms with E-state index in [9.17, 15) is 10.1 Å². The second-order valence-electron chi connectivity index (χ2n) is 6.57. The predicted octanol–water partition coefficient (Wildman–Crippen LogP) is 3.31. The Hall–Kier alpha value is -2.06. The van der Waals surface area contributed by atoms with Gasteiger partial charge >= 0.3 is 0 Å². The highest BCUT2D eigenvalue weighted by Crippen LogP contribution is 2.44. The van der Waals surface area contributed by atoms with E-state index in [1.807, 2.05) is 13.0 Å². The van der Waals surface area contributed by atoms with Gasteiger partial charge in [-0.05, 0) is 43.7 Å². The molecule has 1 heterocycles. The molecule has 0 aromatic heterocycles. The van der Waals surface area contributed by atoms with Crippen LogP contribution in [0.25, 0.3) is 0 Å². The van der Waals surface area contributed by atoms with E-state index in [2.05, 4.69) is 19.9 Å². The summed E-state index contributed by atoms with van der Waals surface area (Å²) in [6, 6.07) is 3.65. The number of fused-ring (bicyclic) bond motifs is 1. The lowest BCUT2D eigenvalue weighted by Gasteiger charge is -2.22. The smallest absolute Gasteiger partial charge is 0.255 e. The first-order valence-electron chi connectivity index (χ1n) is 8.50. The van der Waals surface area contributed by atoms with Crippen LogP contribution in [0.2, 0.25) is 0 Å². The first-order valence-corrected chi connectivity index (χ1v) is 8.50. The van der Waals surface area contributed by atoms with Crippen molar-refractivity contribution in [2.24, 2.45) is 0 Å². The van der Waals surface area contributed by atoms with Crippen molar-refractivity contribution in [3.05, 3.63) is 28.3 Å². The van der Waals surface area contributed by atoms with Gasteiger partial charge in [-0.3, -0.25) is 4.79 Å². The Morgan fingerprint density at radius 1 is 1.38 bits per heavy atom. The van der Waals surface area contributed by atoms with E-state index >= 15 is 0 Å². The summed E-state index contributed by atoms with van der Waals surface area (Å²) in [6.45, 7) is 6.69. The van der Waals surface area contributed by atoms with Crippen LogP contribution in [0.3, 0.4) is 0 Å². The third-order valence-electron chi connectivity index (χ3n) is 4.60. The van der Waals surface area contributed by atoms with E-state index in [0.717, 1.165) is 41.7 Å². The number of unbranched alkanes of at least 4 members (excludes halogenated alkanes) is 2. The number of benzene rings is 1. The molecule has 5 nitrogen and oxygen atoms in total. The van der Waals surface area contributed by atoms with E-state index in [-0.39, 0.29) is 18.4 Å². The molecule has 1 aromatic rings. The zero-order chi connectivity index (χ0) is 17.9. The molecule has 0 bridgehead atoms. The van der Waals surface area contributed by atoms with E-state index in [1.54, 1.807) is 12.0 Å². The lowest BCUT2D eigenvalue weighted by atomic mass is 9.88. The van der Waals surface area contributed by atoms with E-state index < -0.39 is 6.04 Å². The number of hydrogen-bond acceptors (Lipinski definition) is 4. The third-order valence-corrected chi connectivity index (χ3v) is 4.60. The second-order valence-corrected chi connectivity index (χ2v) is 6.57. The van der Waals surface area contributed by atoms with E-state index in [4.69, 9.17) is 9.84 Å². The summed E-state index contributed by atoms with van der Waals surface area (Å²) in [7, 11) is 1.62. The number of nitriles is 1. The summed E-state index contributed by atoms with van der Waals surface area (Å²) < 4.78 is 5.52. The summed E-state index contributed by atoms with van der Waals surface area (Å²) in [5.74, 6) is 0.839. The van der Waals surface area contributed by atoms with Gasteiger partial charge in [0.15, 0.2) is 0 Å². The SMILES string of the molecule is COc1cc(C)c2c(c1C(C)C)C(C#N)N(CCCCCO)C2=O. The van der Waals surface area contributed by atoms with Crippen molar-refractivity contribution < 1.29 is 14.6 Å². The maximum atomic E-state index is 12.9. The van der Waals surface area contributed by atoms with Crippen LogP contribution in [-0.4, -0.2) is 36.2 Å². The molecule has 0 fully saturated rings. The predicted molar refractivity (Wildman–Crippen MR) is 92.1 cm³/mol. The Kier molecular flexibility index (Phi) is 5.84. The van der Waals surface area contributed by atoms with Gasteiger partial charge in [0.1, 0.15) is 11.8 Å². The molecule has 1 aromatic carbocycles. The molecule has 0 saturated carbocycles. The van der Waals surface area contributed by atoms with Gasteiger partial charge in [-0.1, -0.05) is 13.8 Å². The highest BCUT2D eigenvalue weighted by Gasteiger charge is 2.41. The zero-order valence-corrected chi connectivity index (χ0v) is 14.9. The fourth-order valence-electron chi connectivity index (χ4n) is 3.51. The Morgan fingerprint density at radius 2 is 2.08 bits per heavy atom. The van der Waals surface area contributed by atoms with Gasteiger partial charge < -0.3 is 14.7 Å². The third kappa shape index (κ3) is 3.11. The fourth-order valence-corrected chi connectivity index (χ4v) is 3.51. The molecule has 0 radical (unpaired) electrons. The van der Waals surface area contributed by atoms with Crippen LogP contribution in [0.5, 0.6) is 5.75 Å². The van der Waals surface area contributed by atoms with Crippen LogP contribution in [0.15, 0.2) is 6.07 Å². The summed E-state index contributed by atoms with van der Waals surface area (Å²) in [4.78, 5) is 14.6. The number of amides is 1. The molecule has 1 N–H and O–H groups in total. The Labute approximate surface area is 143 Å². The summed E-state index contributed by atoms with van der Waals surface area (Å²) in [5, 5.41) is 18.6. The Morgan fingerprint density at radius 3 is 2.62 bits per heavy atom. The van der Waals surface area contributed by atoms with Gasteiger partial charge in [-0.2, -0.15) is 5.26 Å². The first-order chi connectivity index (χ1) is 11.5. The number of rotatable bonds is 7. The molecular formula is C19H26N2O3. The number of nitrogens with zero attached hydrogens (tertiary/aromatic N) is 2. The molecule has 0 aliphatic carbocycles. The standard InChI is InChI=1S/C19H26N2O3/c1-12(2)16-15(24-4)10-13(3)17-18(16)14(11-20)21(19(17)23)8-6-5-7-9-22/h10,12,14,22H,5-9H2,1-4H3. The number of methoxy groups -OCH3 is 1. The topological polar surface area (TPSA) is 73.6 Å². The molecule has 0 saturated heterocycles. The first kappa shape index (κ1) is 18.3. The quantitative estimate of drug-likeness (QED) is 0.778. The van der Waals surface area contributed by atoms with Crippen LogP contribution in [0.4, 0.5) is 0 Å². The Bertz CT molecular complexity index is 662. The normalized spacial score (nSPS) is 16.5. The minimum atomic E-state index is -0.562. The average molecular weight is 330 g/mol. The van der Waals surface area contributed by atoms with Gasteiger partial charge in [0.2, 0.25) is 0 Å². The maximum absolute atomic E-state index is 12.9. The molecule has 24 heavy (non-hydrogen) atoms. The second kappa shape index (κ2) is 7.67. The van der Waals surface area contributed by atoms with Crippen LogP contribution in [0, 0.1) is 18.3 Å². The van der Waals surface area contributed by atoms with Crippen LogP contribution < -0.4 is 4.74 Å². The average Bonchev–Trinajstić information content (AvgIpc) is 2.83. The van der Waals surface area contributed by atoms with Gasteiger partial charge in [0.05, 0.1) is 13.2 Å². The van der Waals surface area contributed by atoms with Gasteiger partial charge in [-0.15, -0.1) is 0 Å². The highest BCUT2D eigenvalue weighted by molar-refractivity contribution is 6.02. The van der Waals surface area contributed by atoms with Crippen molar-refractivity contribution in [3.8, 4) is 11.8 Å². The Balaban J connectivity index is 2.47. The minimum Gasteiger partial charge on any atom is -0.496 e. The fraction of sp³-hybridized carbons (Fsp3) is 0.579. The molecule has 1 unspecified atom stereocenters. The van der Waals surface area contributed by atoms with Crippen molar-refractivity contribution >= 4 is 5.91 Å². The minimum absolute atomic E-state index is 0.0670. The number of carbonyl (C=O) groups excluding carboxylic acids is 1. The molecule has 0 spiro atoms. The maximum Gasteiger partial charge on any atom is 0.255 e. The summed E-state index contributed by atoms with van der Waals surface area (Å²) >= 11 is 0. The van der Waals surface area contributed by atoms with Crippen LogP contribution in [-0.2, 0) is 0 Å². The summed E-state index contributed by atoms with van der Waals surface area (Å²) in [5.41, 5.74) is 3.29. The number of ether oxygens (including phenoxy) is 1. The number of carbonyl (C=O) groups is 1. The largest absolute Gasteiger partial charge is 0.496 e. The zero-order valence-electron chi connectivity index (χ0n) is 14.9. The molecule has 2 rings (SSSR count). The summed E-state index contributed by atoms with van der Waals surface area (Å²) in [6.07, 6.45) is 2.34. The van der Waals surface area contributed by atoms with Crippen molar-refractivity contribution in [2.75, 3.05) is 20.3 Å². The molecule has 130 valence electrons. The molecule has 5 heteroatoms. The highest BCUT2D eigenvalue weighted by atomic mass is 16.5. The molecule has 1 atom stereocenters. The molecule has 1 aliphatic heterocycles. The van der Waals surface area contributed by atoms with Crippen LogP contribution in [0.1, 0.15) is 72.1 Å². The lowest BCUT2D eigenvalue weighted by molar-refractivity contribution is 0.0753. The lowest BCUT2D eigenvalue weighted by Crippen LogP contribution is -2.28. The number of aliphatic hydroxyl groups excluding tert-OH is 1. The molecular weight excluding hydrogens is 304 g/mol. The van der Waals surface area contributed by atoms with Crippen molar-refractivity contribution in [1.82, 2.24) is 4.90 Å². The number of aryl methyl sites for hydroxylation is 1. The monoisotopic (exact) mass is 330 g/mol. The van der Waals surface area contributed by atoms with Crippen molar-refractivity contribution in [1.29, 1.82) is 5.26 Å². The number of aliphatic hydroxyl groups is 1. The number of hydrogen-bond donors (Lipinski definition) is 1. The molecule has 1 amide bonds. The van der Waals surface area contributed by atoms with Gasteiger partial charge in [-0.25, -0.2) is 0 Å². The van der Waals surface area contributed by atoms with Gasteiger partial charge in [0.25, 0.3) is 5.91 Å². The van der Waals surface area contributed by atoms with Gasteiger partial charge in [0, 0.05) is 29.8 Å². The van der Waals surface area contributed by atoms with E-state index in [1.165, 1.54) is 0 Å². The van der Waals surface area contributed by atoms with Crippen molar-refractivity contribution in [2.45, 2.75) is 52.0 Å². The van der Waals surface area contributed by atoms with Crippen LogP contribution >= 0.6 is 0 Å².